The largest absolute Gasteiger partial charge is 0.411 e. The second-order valence-electron chi connectivity index (χ2n) is 7.34. The number of aromatic nitrogens is 1. The van der Waals surface area contributed by atoms with Crippen LogP contribution in [0.3, 0.4) is 0 Å². The van der Waals surface area contributed by atoms with Gasteiger partial charge in [-0.1, -0.05) is 20.8 Å². The SMILES string of the molecule is CC(C)(C)[Si](C)(C)OCc1csc(C2(O)CCOCC2)n1. The molecule has 0 saturated carbocycles. The summed E-state index contributed by atoms with van der Waals surface area (Å²) in [6.07, 6.45) is 1.26. The number of aliphatic hydroxyl groups is 1. The normalized spacial score (nSPS) is 19.7. The average Bonchev–Trinajstić information content (AvgIpc) is 2.85. The van der Waals surface area contributed by atoms with Crippen LogP contribution in [0.15, 0.2) is 5.38 Å². The zero-order valence-corrected chi connectivity index (χ0v) is 15.5. The van der Waals surface area contributed by atoms with Crippen molar-refractivity contribution in [1.29, 1.82) is 0 Å². The van der Waals surface area contributed by atoms with Gasteiger partial charge in [-0.25, -0.2) is 4.98 Å². The fourth-order valence-electron chi connectivity index (χ4n) is 1.98. The van der Waals surface area contributed by atoms with Crippen molar-refractivity contribution < 1.29 is 14.3 Å². The Hall–Kier alpha value is -0.273. The predicted octanol–water partition coefficient (Wildman–Crippen LogP) is 3.66. The molecule has 0 spiro atoms. The van der Waals surface area contributed by atoms with Crippen LogP contribution in [0.2, 0.25) is 18.1 Å². The lowest BCUT2D eigenvalue weighted by Gasteiger charge is -2.35. The molecule has 6 heteroatoms. The standard InChI is InChI=1S/C15H27NO3SSi/c1-14(2,3)21(4,5)19-10-12-11-20-13(16-12)15(17)6-8-18-9-7-15/h11,17H,6-10H2,1-5H3. The van der Waals surface area contributed by atoms with Crippen molar-refractivity contribution in [2.45, 2.75) is 64.0 Å². The van der Waals surface area contributed by atoms with E-state index < -0.39 is 13.9 Å². The van der Waals surface area contributed by atoms with Crippen LogP contribution in [-0.4, -0.2) is 31.6 Å². The van der Waals surface area contributed by atoms with Crippen LogP contribution in [-0.2, 0) is 21.4 Å². The molecule has 4 nitrogen and oxygen atoms in total. The zero-order chi connectivity index (χ0) is 15.7. The summed E-state index contributed by atoms with van der Waals surface area (Å²) in [5.41, 5.74) is 0.123. The number of hydrogen-bond donors (Lipinski definition) is 1. The first-order chi connectivity index (χ1) is 9.64. The average molecular weight is 330 g/mol. The minimum absolute atomic E-state index is 0.199. The molecular formula is C15H27NO3SSi. The van der Waals surface area contributed by atoms with Crippen LogP contribution < -0.4 is 0 Å². The van der Waals surface area contributed by atoms with E-state index in [1.807, 2.05) is 5.38 Å². The quantitative estimate of drug-likeness (QED) is 0.857. The van der Waals surface area contributed by atoms with Crippen LogP contribution in [0.25, 0.3) is 0 Å². The molecule has 1 aromatic heterocycles. The Morgan fingerprint density at radius 2 is 2.00 bits per heavy atom. The molecule has 0 atom stereocenters. The molecule has 21 heavy (non-hydrogen) atoms. The van der Waals surface area contributed by atoms with E-state index in [1.165, 1.54) is 11.3 Å². The Kier molecular flexibility index (Phi) is 4.95. The number of thiazole rings is 1. The third-order valence-electron chi connectivity index (χ3n) is 4.66. The van der Waals surface area contributed by atoms with E-state index in [4.69, 9.17) is 9.16 Å². The summed E-state index contributed by atoms with van der Waals surface area (Å²) in [6, 6.07) is 0. The molecule has 0 radical (unpaired) electrons. The van der Waals surface area contributed by atoms with Crippen molar-refractivity contribution in [2.24, 2.45) is 0 Å². The first-order valence-corrected chi connectivity index (χ1v) is 11.3. The maximum Gasteiger partial charge on any atom is 0.192 e. The van der Waals surface area contributed by atoms with Gasteiger partial charge < -0.3 is 14.3 Å². The number of nitrogens with zero attached hydrogens (tertiary/aromatic N) is 1. The fourth-order valence-corrected chi connectivity index (χ4v) is 3.88. The fraction of sp³-hybridized carbons (Fsp3) is 0.800. The molecule has 1 saturated heterocycles. The van der Waals surface area contributed by atoms with Crippen LogP contribution in [0.4, 0.5) is 0 Å². The summed E-state index contributed by atoms with van der Waals surface area (Å²) in [5.74, 6) is 0. The van der Waals surface area contributed by atoms with E-state index in [0.29, 0.717) is 32.7 Å². The Bertz CT molecular complexity index is 476. The first-order valence-electron chi connectivity index (χ1n) is 7.53. The summed E-state index contributed by atoms with van der Waals surface area (Å²) in [5, 5.41) is 13.7. The molecule has 1 aliphatic heterocycles. The van der Waals surface area contributed by atoms with Crippen molar-refractivity contribution in [1.82, 2.24) is 4.98 Å². The van der Waals surface area contributed by atoms with E-state index in [-0.39, 0.29) is 5.04 Å². The first kappa shape index (κ1) is 17.1. The molecule has 1 aromatic rings. The van der Waals surface area contributed by atoms with Gasteiger partial charge in [-0.15, -0.1) is 11.3 Å². The zero-order valence-electron chi connectivity index (χ0n) is 13.7. The minimum atomic E-state index is -1.75. The van der Waals surface area contributed by atoms with Gasteiger partial charge in [-0.05, 0) is 18.1 Å². The van der Waals surface area contributed by atoms with E-state index in [9.17, 15) is 5.11 Å². The van der Waals surface area contributed by atoms with Crippen LogP contribution >= 0.6 is 11.3 Å². The lowest BCUT2D eigenvalue weighted by molar-refractivity contribution is -0.0681. The molecule has 1 aliphatic rings. The van der Waals surface area contributed by atoms with Crippen molar-refractivity contribution in [3.63, 3.8) is 0 Å². The summed E-state index contributed by atoms with van der Waals surface area (Å²) < 4.78 is 11.5. The van der Waals surface area contributed by atoms with E-state index in [2.05, 4.69) is 38.8 Å². The Balaban J connectivity index is 2.01. The van der Waals surface area contributed by atoms with Gasteiger partial charge in [0.25, 0.3) is 0 Å². The van der Waals surface area contributed by atoms with Crippen LogP contribution in [0.1, 0.15) is 44.3 Å². The second-order valence-corrected chi connectivity index (χ2v) is 13.0. The second kappa shape index (κ2) is 6.08. The maximum absolute atomic E-state index is 10.6. The molecule has 1 N–H and O–H groups in total. The van der Waals surface area contributed by atoms with Crippen LogP contribution in [0, 0.1) is 0 Å². The van der Waals surface area contributed by atoms with Crippen molar-refractivity contribution in [3.8, 4) is 0 Å². The minimum Gasteiger partial charge on any atom is -0.411 e. The Labute approximate surface area is 132 Å². The lowest BCUT2D eigenvalue weighted by Crippen LogP contribution is -2.40. The molecule has 0 aromatic carbocycles. The van der Waals surface area contributed by atoms with Crippen LogP contribution in [0.5, 0.6) is 0 Å². The van der Waals surface area contributed by atoms with Gasteiger partial charge in [-0.2, -0.15) is 0 Å². The van der Waals surface area contributed by atoms with Crippen molar-refractivity contribution in [2.75, 3.05) is 13.2 Å². The third-order valence-corrected chi connectivity index (χ3v) is 10.2. The number of hydrogen-bond acceptors (Lipinski definition) is 5. The van der Waals surface area contributed by atoms with E-state index in [1.54, 1.807) is 0 Å². The monoisotopic (exact) mass is 329 g/mol. The molecule has 2 rings (SSSR count). The predicted molar refractivity (Wildman–Crippen MR) is 88.0 cm³/mol. The number of ether oxygens (including phenoxy) is 1. The maximum atomic E-state index is 10.6. The number of rotatable bonds is 4. The molecule has 120 valence electrons. The molecular weight excluding hydrogens is 302 g/mol. The van der Waals surface area contributed by atoms with Gasteiger partial charge in [0.15, 0.2) is 8.32 Å². The van der Waals surface area contributed by atoms with Gasteiger partial charge in [-0.3, -0.25) is 0 Å². The summed E-state index contributed by atoms with van der Waals surface area (Å²) in [7, 11) is -1.75. The highest BCUT2D eigenvalue weighted by Crippen LogP contribution is 2.38. The summed E-state index contributed by atoms with van der Waals surface area (Å²) in [4.78, 5) is 4.60. The van der Waals surface area contributed by atoms with Crippen molar-refractivity contribution in [3.05, 3.63) is 16.1 Å². The molecule has 0 amide bonds. The molecule has 1 fully saturated rings. The van der Waals surface area contributed by atoms with Gasteiger partial charge in [0.2, 0.25) is 0 Å². The van der Waals surface area contributed by atoms with Crippen molar-refractivity contribution >= 4 is 19.7 Å². The molecule has 0 unspecified atom stereocenters. The highest BCUT2D eigenvalue weighted by atomic mass is 32.1. The topological polar surface area (TPSA) is 51.6 Å². The van der Waals surface area contributed by atoms with E-state index >= 15 is 0 Å². The molecule has 0 bridgehead atoms. The smallest absolute Gasteiger partial charge is 0.192 e. The highest BCUT2D eigenvalue weighted by molar-refractivity contribution is 7.09. The van der Waals surface area contributed by atoms with E-state index in [0.717, 1.165) is 10.7 Å². The van der Waals surface area contributed by atoms with Gasteiger partial charge in [0.1, 0.15) is 10.6 Å². The Morgan fingerprint density at radius 3 is 2.57 bits per heavy atom. The third kappa shape index (κ3) is 3.93. The highest BCUT2D eigenvalue weighted by Gasteiger charge is 2.38. The van der Waals surface area contributed by atoms with Gasteiger partial charge in [0.05, 0.1) is 12.3 Å². The summed E-state index contributed by atoms with van der Waals surface area (Å²) >= 11 is 1.53. The molecule has 0 aliphatic carbocycles. The molecule has 2 heterocycles. The van der Waals surface area contributed by atoms with Gasteiger partial charge >= 0.3 is 0 Å². The lowest BCUT2D eigenvalue weighted by atomic mass is 9.95. The summed E-state index contributed by atoms with van der Waals surface area (Å²) in [6.45, 7) is 12.9. The van der Waals surface area contributed by atoms with Gasteiger partial charge in [0, 0.05) is 31.4 Å². The Morgan fingerprint density at radius 1 is 1.38 bits per heavy atom.